The number of nitrogens with zero attached hydrogens (tertiary/aromatic N) is 1. The van der Waals surface area contributed by atoms with Gasteiger partial charge in [-0.3, -0.25) is 4.79 Å². The number of hydrogen-bond acceptors (Lipinski definition) is 4. The van der Waals surface area contributed by atoms with E-state index >= 15 is 0 Å². The molecule has 0 spiro atoms. The third-order valence-corrected chi connectivity index (χ3v) is 6.24. The summed E-state index contributed by atoms with van der Waals surface area (Å²) in [6.45, 7) is 2.34. The molecule has 2 aromatic rings. The van der Waals surface area contributed by atoms with Gasteiger partial charge >= 0.3 is 6.18 Å². The highest BCUT2D eigenvalue weighted by atomic mass is 19.4. The van der Waals surface area contributed by atoms with Crippen LogP contribution in [0.25, 0.3) is 6.08 Å². The van der Waals surface area contributed by atoms with Crippen molar-refractivity contribution < 1.29 is 13.2 Å². The molecule has 2 aliphatic rings. The van der Waals surface area contributed by atoms with Gasteiger partial charge in [0.15, 0.2) is 5.43 Å². The number of H-pyrrole nitrogens is 1. The van der Waals surface area contributed by atoms with E-state index in [4.69, 9.17) is 0 Å². The highest BCUT2D eigenvalue weighted by Gasteiger charge is 2.34. The minimum atomic E-state index is -4.35. The van der Waals surface area contributed by atoms with Gasteiger partial charge in [-0.15, -0.1) is 0 Å². The van der Waals surface area contributed by atoms with Crippen LogP contribution in [0.4, 0.5) is 19.0 Å². The first-order valence-corrected chi connectivity index (χ1v) is 11.0. The zero-order chi connectivity index (χ0) is 22.9. The highest BCUT2D eigenvalue weighted by Crippen LogP contribution is 2.39. The summed E-state index contributed by atoms with van der Waals surface area (Å²) in [7, 11) is 4.04. The number of hydrogen-bond donors (Lipinski definition) is 3. The summed E-state index contributed by atoms with van der Waals surface area (Å²) in [4.78, 5) is 18.8. The summed E-state index contributed by atoms with van der Waals surface area (Å²) in [5, 5.41) is 6.76. The van der Waals surface area contributed by atoms with Gasteiger partial charge in [0.25, 0.3) is 0 Å². The van der Waals surface area contributed by atoms with Gasteiger partial charge in [-0.25, -0.2) is 0 Å². The molecule has 2 atom stereocenters. The van der Waals surface area contributed by atoms with Crippen molar-refractivity contribution in [2.45, 2.75) is 37.4 Å². The Labute approximate surface area is 185 Å². The fourth-order valence-electron chi connectivity index (χ4n) is 4.63. The molecule has 1 aliphatic carbocycles. The van der Waals surface area contributed by atoms with Crippen LogP contribution in [0.15, 0.2) is 35.1 Å². The molecule has 2 heterocycles. The van der Waals surface area contributed by atoms with Gasteiger partial charge < -0.3 is 20.5 Å². The minimum Gasteiger partial charge on any atom is -0.368 e. The maximum Gasteiger partial charge on any atom is 0.416 e. The van der Waals surface area contributed by atoms with Gasteiger partial charge in [0.2, 0.25) is 0 Å². The van der Waals surface area contributed by atoms with Gasteiger partial charge in [0.05, 0.1) is 11.1 Å². The van der Waals surface area contributed by atoms with Gasteiger partial charge in [-0.1, -0.05) is 18.2 Å². The Balaban J connectivity index is 1.65. The van der Waals surface area contributed by atoms with E-state index in [2.05, 4.69) is 20.5 Å². The number of aromatic amines is 1. The molecule has 8 heteroatoms. The average molecular weight is 447 g/mol. The predicted molar refractivity (Wildman–Crippen MR) is 121 cm³/mol. The van der Waals surface area contributed by atoms with E-state index in [9.17, 15) is 18.0 Å². The number of benzene rings is 1. The normalized spacial score (nSPS) is 20.1. The lowest BCUT2D eigenvalue weighted by Crippen LogP contribution is -2.36. The first-order chi connectivity index (χ1) is 15.2. The second-order valence-corrected chi connectivity index (χ2v) is 8.84. The summed E-state index contributed by atoms with van der Waals surface area (Å²) in [6, 6.07) is 5.27. The van der Waals surface area contributed by atoms with Crippen molar-refractivity contribution in [2.24, 2.45) is 0 Å². The third kappa shape index (κ3) is 4.76. The molecular formula is C24H29F3N4O. The van der Waals surface area contributed by atoms with Crippen LogP contribution in [0.2, 0.25) is 0 Å². The van der Waals surface area contributed by atoms with Crippen molar-refractivity contribution in [2.75, 3.05) is 39.0 Å². The molecule has 0 amide bonds. The standard InChI is InChI=1S/C24H29F3N4O/c1-31(2)12-4-11-28-19-13-16(15-6-8-17(9-7-15)24(25,26)27)14-20-21(19)22(32)18-5-3-10-29-23(18)30-20/h3,5-9,16,19,28H,4,10-14H2,1-2H3,(H2,29,30,32). The van der Waals surface area contributed by atoms with Crippen LogP contribution in [0.3, 0.4) is 0 Å². The van der Waals surface area contributed by atoms with Crippen LogP contribution in [0.5, 0.6) is 0 Å². The molecule has 0 bridgehead atoms. The summed E-state index contributed by atoms with van der Waals surface area (Å²) in [5.41, 5.74) is 2.49. The van der Waals surface area contributed by atoms with Crippen LogP contribution in [-0.2, 0) is 12.6 Å². The molecule has 172 valence electrons. The molecule has 3 N–H and O–H groups in total. The lowest BCUT2D eigenvalue weighted by Gasteiger charge is -2.33. The maximum absolute atomic E-state index is 13.3. The second-order valence-electron chi connectivity index (χ2n) is 8.84. The Hall–Kier alpha value is -2.58. The van der Waals surface area contributed by atoms with E-state index in [0.29, 0.717) is 24.9 Å². The van der Waals surface area contributed by atoms with Crippen molar-refractivity contribution >= 4 is 11.9 Å². The highest BCUT2D eigenvalue weighted by molar-refractivity contribution is 5.68. The lowest BCUT2D eigenvalue weighted by molar-refractivity contribution is -0.137. The van der Waals surface area contributed by atoms with Crippen molar-refractivity contribution in [3.63, 3.8) is 0 Å². The topological polar surface area (TPSA) is 60.2 Å². The SMILES string of the molecule is CN(C)CCCNC1CC(c2ccc(C(F)(F)F)cc2)Cc2[nH]c3c(c(=O)c21)C=CCN3. The van der Waals surface area contributed by atoms with Gasteiger partial charge in [-0.05, 0) is 76.1 Å². The van der Waals surface area contributed by atoms with E-state index < -0.39 is 11.7 Å². The zero-order valence-electron chi connectivity index (χ0n) is 18.4. The monoisotopic (exact) mass is 446 g/mol. The van der Waals surface area contributed by atoms with Crippen LogP contribution in [0.1, 0.15) is 52.7 Å². The average Bonchev–Trinajstić information content (AvgIpc) is 2.76. The quantitative estimate of drug-likeness (QED) is 0.584. The Morgan fingerprint density at radius 2 is 1.94 bits per heavy atom. The van der Waals surface area contributed by atoms with Crippen LogP contribution >= 0.6 is 0 Å². The fourth-order valence-corrected chi connectivity index (χ4v) is 4.63. The molecule has 32 heavy (non-hydrogen) atoms. The molecule has 0 saturated carbocycles. The number of fused-ring (bicyclic) bond motifs is 2. The van der Waals surface area contributed by atoms with Crippen LogP contribution < -0.4 is 16.1 Å². The number of alkyl halides is 3. The van der Waals surface area contributed by atoms with Crippen LogP contribution in [0, 0.1) is 0 Å². The summed E-state index contributed by atoms with van der Waals surface area (Å²) < 4.78 is 39.0. The molecule has 1 aliphatic heterocycles. The molecule has 4 rings (SSSR count). The molecule has 1 aromatic heterocycles. The summed E-state index contributed by atoms with van der Waals surface area (Å²) in [6.07, 6.45) is 1.63. The molecule has 1 aromatic carbocycles. The summed E-state index contributed by atoms with van der Waals surface area (Å²) in [5.74, 6) is 0.736. The largest absolute Gasteiger partial charge is 0.416 e. The first-order valence-electron chi connectivity index (χ1n) is 11.0. The second kappa shape index (κ2) is 9.11. The molecule has 2 unspecified atom stereocenters. The molecule has 0 saturated heterocycles. The van der Waals surface area contributed by atoms with E-state index in [0.717, 1.165) is 54.3 Å². The number of aromatic nitrogens is 1. The van der Waals surface area contributed by atoms with Crippen LogP contribution in [-0.4, -0.2) is 43.6 Å². The Morgan fingerprint density at radius 1 is 1.19 bits per heavy atom. The maximum atomic E-state index is 13.3. The van der Waals surface area contributed by atoms with E-state index in [1.807, 2.05) is 26.2 Å². The lowest BCUT2D eigenvalue weighted by atomic mass is 9.78. The fraction of sp³-hybridized carbons (Fsp3) is 0.458. The number of rotatable bonds is 6. The van der Waals surface area contributed by atoms with Crippen molar-refractivity contribution in [1.82, 2.24) is 15.2 Å². The van der Waals surface area contributed by atoms with E-state index in [-0.39, 0.29) is 17.4 Å². The first kappa shape index (κ1) is 22.6. The number of halogens is 3. The predicted octanol–water partition coefficient (Wildman–Crippen LogP) is 4.14. The van der Waals surface area contributed by atoms with Gasteiger partial charge in [0.1, 0.15) is 5.82 Å². The van der Waals surface area contributed by atoms with Gasteiger partial charge in [0, 0.05) is 23.8 Å². The third-order valence-electron chi connectivity index (χ3n) is 6.24. The summed E-state index contributed by atoms with van der Waals surface area (Å²) >= 11 is 0. The van der Waals surface area contributed by atoms with Crippen molar-refractivity contribution in [3.8, 4) is 0 Å². The minimum absolute atomic E-state index is 0.0176. The smallest absolute Gasteiger partial charge is 0.368 e. The Kier molecular flexibility index (Phi) is 6.44. The molecular weight excluding hydrogens is 417 g/mol. The molecule has 5 nitrogen and oxygen atoms in total. The zero-order valence-corrected chi connectivity index (χ0v) is 18.4. The van der Waals surface area contributed by atoms with Crippen molar-refractivity contribution in [1.29, 1.82) is 0 Å². The number of nitrogens with one attached hydrogen (secondary N) is 3. The Morgan fingerprint density at radius 3 is 2.62 bits per heavy atom. The number of pyridine rings is 1. The number of anilines is 1. The van der Waals surface area contributed by atoms with E-state index in [1.54, 1.807) is 12.1 Å². The Bertz CT molecular complexity index is 1040. The molecule has 0 radical (unpaired) electrons. The van der Waals surface area contributed by atoms with Gasteiger partial charge in [-0.2, -0.15) is 13.2 Å². The van der Waals surface area contributed by atoms with Crippen molar-refractivity contribution in [3.05, 3.63) is 68.5 Å². The van der Waals surface area contributed by atoms with E-state index in [1.165, 1.54) is 0 Å². The molecule has 0 fully saturated rings.